The van der Waals surface area contributed by atoms with Crippen LogP contribution in [0, 0.1) is 5.92 Å². The van der Waals surface area contributed by atoms with Crippen LogP contribution in [0.4, 0.5) is 0 Å². The van der Waals surface area contributed by atoms with Crippen molar-refractivity contribution in [3.63, 3.8) is 0 Å². The number of hydrogen-bond donors (Lipinski definition) is 0. The zero-order chi connectivity index (χ0) is 20.3. The van der Waals surface area contributed by atoms with Crippen molar-refractivity contribution in [2.45, 2.75) is 31.1 Å². The molecule has 0 bridgehead atoms. The SMILES string of the molecule is C[N+]1(Cc2ccc(OCC3CCOC3)cc2)CCCC(c2ccccc2)S1(=O)=O. The van der Waals surface area contributed by atoms with E-state index >= 15 is 0 Å². The van der Waals surface area contributed by atoms with Crippen LogP contribution in [-0.2, 0) is 21.3 Å². The fraction of sp³-hybridized carbons (Fsp3) is 0.478. The van der Waals surface area contributed by atoms with E-state index in [1.54, 1.807) is 0 Å². The molecule has 3 atom stereocenters. The Morgan fingerprint density at radius 1 is 1.07 bits per heavy atom. The van der Waals surface area contributed by atoms with Gasteiger partial charge in [0.05, 0.1) is 26.8 Å². The summed E-state index contributed by atoms with van der Waals surface area (Å²) in [4.78, 5) is 0. The minimum atomic E-state index is -3.35. The summed E-state index contributed by atoms with van der Waals surface area (Å²) < 4.78 is 38.3. The zero-order valence-electron chi connectivity index (χ0n) is 17.0. The molecule has 4 rings (SSSR count). The lowest BCUT2D eigenvalue weighted by Crippen LogP contribution is -2.53. The third-order valence-electron chi connectivity index (χ3n) is 6.19. The lowest BCUT2D eigenvalue weighted by Gasteiger charge is -2.40. The van der Waals surface area contributed by atoms with E-state index in [9.17, 15) is 8.42 Å². The van der Waals surface area contributed by atoms with Gasteiger partial charge in [-0.1, -0.05) is 30.3 Å². The highest BCUT2D eigenvalue weighted by molar-refractivity contribution is 7.86. The molecular formula is C23H30NO4S+. The van der Waals surface area contributed by atoms with E-state index in [2.05, 4.69) is 0 Å². The van der Waals surface area contributed by atoms with Crippen molar-refractivity contribution in [2.24, 2.45) is 5.92 Å². The minimum absolute atomic E-state index is 0.0478. The fourth-order valence-electron chi connectivity index (χ4n) is 4.38. The van der Waals surface area contributed by atoms with Gasteiger partial charge in [-0.05, 0) is 49.1 Å². The number of benzene rings is 2. The largest absolute Gasteiger partial charge is 0.493 e. The fourth-order valence-corrected chi connectivity index (χ4v) is 6.67. The molecule has 2 aliphatic rings. The van der Waals surface area contributed by atoms with Crippen molar-refractivity contribution in [3.05, 3.63) is 65.7 Å². The zero-order valence-corrected chi connectivity index (χ0v) is 17.8. The highest BCUT2D eigenvalue weighted by Crippen LogP contribution is 2.39. The molecule has 156 valence electrons. The molecule has 0 N–H and O–H groups in total. The van der Waals surface area contributed by atoms with Gasteiger partial charge in [-0.2, -0.15) is 8.42 Å². The van der Waals surface area contributed by atoms with Crippen LogP contribution in [0.3, 0.4) is 0 Å². The third kappa shape index (κ3) is 4.34. The summed E-state index contributed by atoms with van der Waals surface area (Å²) in [6.45, 7) is 3.38. The summed E-state index contributed by atoms with van der Waals surface area (Å²) in [5.74, 6) is 1.29. The number of ether oxygens (including phenoxy) is 2. The van der Waals surface area contributed by atoms with Gasteiger partial charge >= 0.3 is 10.0 Å². The first-order valence-corrected chi connectivity index (χ1v) is 11.9. The van der Waals surface area contributed by atoms with Gasteiger partial charge in [0, 0.05) is 18.1 Å². The summed E-state index contributed by atoms with van der Waals surface area (Å²) in [5, 5.41) is -0.432. The van der Waals surface area contributed by atoms with Crippen LogP contribution in [0.2, 0.25) is 0 Å². The first-order valence-electron chi connectivity index (χ1n) is 10.4. The summed E-state index contributed by atoms with van der Waals surface area (Å²) in [6, 6.07) is 17.5. The summed E-state index contributed by atoms with van der Waals surface area (Å²) in [5.41, 5.74) is 1.91. The summed E-state index contributed by atoms with van der Waals surface area (Å²) >= 11 is 0. The molecule has 29 heavy (non-hydrogen) atoms. The Balaban J connectivity index is 1.46. The van der Waals surface area contributed by atoms with Crippen molar-refractivity contribution in [1.82, 2.24) is 0 Å². The molecule has 0 aromatic heterocycles. The quantitative estimate of drug-likeness (QED) is 0.670. The van der Waals surface area contributed by atoms with Crippen LogP contribution < -0.4 is 4.74 Å². The maximum atomic E-state index is 13.5. The molecule has 6 heteroatoms. The van der Waals surface area contributed by atoms with Crippen molar-refractivity contribution in [3.8, 4) is 5.75 Å². The molecule has 5 nitrogen and oxygen atoms in total. The molecule has 0 aliphatic carbocycles. The Labute approximate surface area is 173 Å². The van der Waals surface area contributed by atoms with Gasteiger partial charge in [0.1, 0.15) is 17.5 Å². The van der Waals surface area contributed by atoms with Crippen LogP contribution in [-0.4, -0.2) is 45.7 Å². The number of nitrogens with zero attached hydrogens (tertiary/aromatic N) is 1. The van der Waals surface area contributed by atoms with Crippen LogP contribution in [0.25, 0.3) is 0 Å². The maximum absolute atomic E-state index is 13.5. The lowest BCUT2D eigenvalue weighted by atomic mass is 10.1. The van der Waals surface area contributed by atoms with E-state index < -0.39 is 15.3 Å². The summed E-state index contributed by atoms with van der Waals surface area (Å²) in [7, 11) is -1.50. The van der Waals surface area contributed by atoms with Crippen molar-refractivity contribution < 1.29 is 21.8 Å². The number of sulfonamides is 1. The second-order valence-corrected chi connectivity index (χ2v) is 10.9. The van der Waals surface area contributed by atoms with Crippen LogP contribution in [0.15, 0.2) is 54.6 Å². The standard InChI is InChI=1S/C23H30NO4S/c1-24(14-5-8-23(29(24,25)26)21-6-3-2-4-7-21)16-19-9-11-22(12-10-19)28-18-20-13-15-27-17-20/h2-4,6-7,9-12,20,23H,5,8,13-18H2,1H3/q+1. The van der Waals surface area contributed by atoms with Crippen molar-refractivity contribution >= 4 is 10.0 Å². The highest BCUT2D eigenvalue weighted by Gasteiger charge is 2.47. The Morgan fingerprint density at radius 3 is 2.52 bits per heavy atom. The molecule has 0 radical (unpaired) electrons. The van der Waals surface area contributed by atoms with Crippen molar-refractivity contribution in [1.29, 1.82) is 0 Å². The monoisotopic (exact) mass is 416 g/mol. The van der Waals surface area contributed by atoms with Gasteiger partial charge in [-0.25, -0.2) is 3.89 Å². The molecule has 2 aliphatic heterocycles. The first-order chi connectivity index (χ1) is 14.0. The molecule has 0 saturated carbocycles. The Morgan fingerprint density at radius 2 is 1.83 bits per heavy atom. The Hall–Kier alpha value is -1.89. The van der Waals surface area contributed by atoms with Gasteiger partial charge in [0.2, 0.25) is 0 Å². The summed E-state index contributed by atoms with van der Waals surface area (Å²) in [6.07, 6.45) is 2.64. The molecule has 3 unspecified atom stereocenters. The van der Waals surface area contributed by atoms with Crippen LogP contribution in [0.1, 0.15) is 35.6 Å². The van der Waals surface area contributed by atoms with Gasteiger partial charge in [-0.15, -0.1) is 0 Å². The van der Waals surface area contributed by atoms with Gasteiger partial charge < -0.3 is 9.47 Å². The average Bonchev–Trinajstić information content (AvgIpc) is 3.24. The molecule has 2 saturated heterocycles. The van der Waals surface area contributed by atoms with E-state index in [0.717, 1.165) is 42.9 Å². The van der Waals surface area contributed by atoms with Gasteiger partial charge in [0.15, 0.2) is 0 Å². The number of hydrogen-bond acceptors (Lipinski definition) is 4. The lowest BCUT2D eigenvalue weighted by molar-refractivity contribution is -0.802. The third-order valence-corrected chi connectivity index (χ3v) is 8.96. The van der Waals surface area contributed by atoms with E-state index in [4.69, 9.17) is 9.47 Å². The molecule has 2 fully saturated rings. The molecule has 0 amide bonds. The number of rotatable bonds is 6. The molecule has 0 spiro atoms. The van der Waals surface area contributed by atoms with Crippen LogP contribution in [0.5, 0.6) is 5.75 Å². The van der Waals surface area contributed by atoms with Crippen molar-refractivity contribution in [2.75, 3.05) is 33.4 Å². The highest BCUT2D eigenvalue weighted by atomic mass is 32.2. The topological polar surface area (TPSA) is 52.6 Å². The molecule has 2 aromatic rings. The first kappa shape index (κ1) is 20.4. The minimum Gasteiger partial charge on any atom is -0.493 e. The Kier molecular flexibility index (Phi) is 5.95. The molecular weight excluding hydrogens is 386 g/mol. The van der Waals surface area contributed by atoms with E-state index in [1.165, 1.54) is 0 Å². The van der Waals surface area contributed by atoms with Crippen LogP contribution >= 0.6 is 0 Å². The van der Waals surface area contributed by atoms with E-state index in [-0.39, 0.29) is 3.89 Å². The van der Waals surface area contributed by atoms with E-state index in [1.807, 2.05) is 61.6 Å². The maximum Gasteiger partial charge on any atom is 0.304 e. The molecule has 2 heterocycles. The predicted octanol–water partition coefficient (Wildman–Crippen LogP) is 3.91. The predicted molar refractivity (Wildman–Crippen MR) is 113 cm³/mol. The number of quaternary nitrogens is 1. The second kappa shape index (κ2) is 8.46. The Bertz CT molecular complexity index is 908. The van der Waals surface area contributed by atoms with Gasteiger partial charge in [-0.3, -0.25) is 0 Å². The second-order valence-electron chi connectivity index (χ2n) is 8.42. The van der Waals surface area contributed by atoms with E-state index in [0.29, 0.717) is 32.0 Å². The normalized spacial score (nSPS) is 28.9. The molecule has 2 aromatic carbocycles. The average molecular weight is 417 g/mol. The van der Waals surface area contributed by atoms with Gasteiger partial charge in [0.25, 0.3) is 0 Å². The smallest absolute Gasteiger partial charge is 0.304 e.